The van der Waals surface area contributed by atoms with Crippen LogP contribution in [0.4, 0.5) is 4.39 Å². The lowest BCUT2D eigenvalue weighted by Crippen LogP contribution is -1.94. The molecule has 0 atom stereocenters. The summed E-state index contributed by atoms with van der Waals surface area (Å²) in [5.41, 5.74) is 3.70. The standard InChI is InChI=1S/C21H17FN4/c22-18-8-4-5-15(11-18)9-10-20-23-14-19(26-20)17-12-24-21(25-13-17)16-6-2-1-3-7-16/h1-8,11-14H,9-10H2,(H,23,26). The van der Waals surface area contributed by atoms with Gasteiger partial charge < -0.3 is 4.98 Å². The molecule has 0 amide bonds. The summed E-state index contributed by atoms with van der Waals surface area (Å²) in [7, 11) is 0. The van der Waals surface area contributed by atoms with Crippen molar-refractivity contribution in [1.82, 2.24) is 19.9 Å². The van der Waals surface area contributed by atoms with Crippen molar-refractivity contribution in [3.8, 4) is 22.6 Å². The zero-order valence-corrected chi connectivity index (χ0v) is 14.1. The minimum atomic E-state index is -0.210. The van der Waals surface area contributed by atoms with Crippen LogP contribution in [0, 0.1) is 5.82 Å². The van der Waals surface area contributed by atoms with Gasteiger partial charge in [0, 0.05) is 29.9 Å². The van der Waals surface area contributed by atoms with E-state index in [2.05, 4.69) is 19.9 Å². The number of aryl methyl sites for hydroxylation is 2. The molecule has 2 heterocycles. The maximum Gasteiger partial charge on any atom is 0.159 e. The van der Waals surface area contributed by atoms with Crippen molar-refractivity contribution in [2.75, 3.05) is 0 Å². The molecule has 4 nitrogen and oxygen atoms in total. The summed E-state index contributed by atoms with van der Waals surface area (Å²) in [5, 5.41) is 0. The Hall–Kier alpha value is -3.34. The molecule has 0 radical (unpaired) electrons. The van der Waals surface area contributed by atoms with Crippen molar-refractivity contribution < 1.29 is 4.39 Å². The Morgan fingerprint density at radius 2 is 1.58 bits per heavy atom. The molecule has 1 N–H and O–H groups in total. The summed E-state index contributed by atoms with van der Waals surface area (Å²) in [4.78, 5) is 16.6. The van der Waals surface area contributed by atoms with E-state index >= 15 is 0 Å². The normalized spacial score (nSPS) is 10.8. The van der Waals surface area contributed by atoms with Crippen LogP contribution in [-0.2, 0) is 12.8 Å². The van der Waals surface area contributed by atoms with Crippen LogP contribution < -0.4 is 0 Å². The molecular formula is C21H17FN4. The highest BCUT2D eigenvalue weighted by molar-refractivity contribution is 5.60. The number of imidazole rings is 1. The molecule has 0 aliphatic carbocycles. The van der Waals surface area contributed by atoms with Gasteiger partial charge in [0.05, 0.1) is 11.9 Å². The SMILES string of the molecule is Fc1cccc(CCc2ncc(-c3cnc(-c4ccccc4)nc3)[nH]2)c1. The summed E-state index contributed by atoms with van der Waals surface area (Å²) in [5.74, 6) is 1.34. The van der Waals surface area contributed by atoms with E-state index < -0.39 is 0 Å². The predicted octanol–water partition coefficient (Wildman–Crippen LogP) is 4.46. The van der Waals surface area contributed by atoms with Gasteiger partial charge in [-0.2, -0.15) is 0 Å². The van der Waals surface area contributed by atoms with E-state index in [4.69, 9.17) is 0 Å². The van der Waals surface area contributed by atoms with Gasteiger partial charge in [0.1, 0.15) is 11.6 Å². The lowest BCUT2D eigenvalue weighted by Gasteiger charge is -2.01. The lowest BCUT2D eigenvalue weighted by atomic mass is 10.1. The number of aromatic nitrogens is 4. The molecule has 128 valence electrons. The van der Waals surface area contributed by atoms with Gasteiger partial charge in [0.25, 0.3) is 0 Å². The Labute approximate surface area is 150 Å². The Morgan fingerprint density at radius 3 is 2.35 bits per heavy atom. The smallest absolute Gasteiger partial charge is 0.159 e. The molecule has 2 aromatic carbocycles. The fourth-order valence-corrected chi connectivity index (χ4v) is 2.79. The Balaban J connectivity index is 1.46. The average molecular weight is 344 g/mol. The Bertz CT molecular complexity index is 994. The molecular weight excluding hydrogens is 327 g/mol. The van der Waals surface area contributed by atoms with Crippen molar-refractivity contribution in [2.45, 2.75) is 12.8 Å². The lowest BCUT2D eigenvalue weighted by molar-refractivity contribution is 0.625. The summed E-state index contributed by atoms with van der Waals surface area (Å²) in [6.45, 7) is 0. The molecule has 2 aromatic heterocycles. The van der Waals surface area contributed by atoms with Crippen LogP contribution in [0.15, 0.2) is 73.2 Å². The second-order valence-electron chi connectivity index (χ2n) is 6.03. The summed E-state index contributed by atoms with van der Waals surface area (Å²) >= 11 is 0. The van der Waals surface area contributed by atoms with E-state index in [-0.39, 0.29) is 5.82 Å². The summed E-state index contributed by atoms with van der Waals surface area (Å²) < 4.78 is 13.2. The fourth-order valence-electron chi connectivity index (χ4n) is 2.79. The van der Waals surface area contributed by atoms with E-state index in [0.717, 1.165) is 34.6 Å². The molecule has 0 fully saturated rings. The van der Waals surface area contributed by atoms with Gasteiger partial charge in [-0.25, -0.2) is 19.3 Å². The number of nitrogens with zero attached hydrogens (tertiary/aromatic N) is 3. The minimum absolute atomic E-state index is 0.210. The van der Waals surface area contributed by atoms with Crippen molar-refractivity contribution in [2.24, 2.45) is 0 Å². The third-order valence-corrected chi connectivity index (χ3v) is 4.16. The molecule has 4 aromatic rings. The van der Waals surface area contributed by atoms with Crippen LogP contribution in [0.1, 0.15) is 11.4 Å². The summed E-state index contributed by atoms with van der Waals surface area (Å²) in [6.07, 6.45) is 6.81. The maximum absolute atomic E-state index is 13.2. The average Bonchev–Trinajstić information content (AvgIpc) is 3.16. The molecule has 0 bridgehead atoms. The molecule has 0 spiro atoms. The second kappa shape index (κ2) is 7.27. The van der Waals surface area contributed by atoms with Crippen LogP contribution in [0.2, 0.25) is 0 Å². The second-order valence-corrected chi connectivity index (χ2v) is 6.03. The number of halogens is 1. The molecule has 0 saturated heterocycles. The Morgan fingerprint density at radius 1 is 0.769 bits per heavy atom. The third-order valence-electron chi connectivity index (χ3n) is 4.16. The molecule has 0 unspecified atom stereocenters. The Kier molecular flexibility index (Phi) is 4.51. The van der Waals surface area contributed by atoms with Gasteiger partial charge in [-0.3, -0.25) is 0 Å². The minimum Gasteiger partial charge on any atom is -0.342 e. The number of aromatic amines is 1. The van der Waals surface area contributed by atoms with Crippen LogP contribution in [-0.4, -0.2) is 19.9 Å². The molecule has 26 heavy (non-hydrogen) atoms. The first-order valence-corrected chi connectivity index (χ1v) is 8.44. The topological polar surface area (TPSA) is 54.5 Å². The highest BCUT2D eigenvalue weighted by atomic mass is 19.1. The van der Waals surface area contributed by atoms with Gasteiger partial charge in [-0.15, -0.1) is 0 Å². The van der Waals surface area contributed by atoms with E-state index in [1.807, 2.05) is 36.4 Å². The van der Waals surface area contributed by atoms with Gasteiger partial charge in [0.15, 0.2) is 5.82 Å². The van der Waals surface area contributed by atoms with Crippen LogP contribution in [0.5, 0.6) is 0 Å². The van der Waals surface area contributed by atoms with Crippen LogP contribution in [0.25, 0.3) is 22.6 Å². The first kappa shape index (κ1) is 16.1. The highest BCUT2D eigenvalue weighted by Gasteiger charge is 2.07. The molecule has 4 rings (SSSR count). The predicted molar refractivity (Wildman–Crippen MR) is 98.9 cm³/mol. The van der Waals surface area contributed by atoms with Crippen molar-refractivity contribution in [3.63, 3.8) is 0 Å². The molecule has 0 aliphatic heterocycles. The maximum atomic E-state index is 13.2. The third kappa shape index (κ3) is 3.67. The van der Waals surface area contributed by atoms with Gasteiger partial charge >= 0.3 is 0 Å². The first-order chi connectivity index (χ1) is 12.8. The number of rotatable bonds is 5. The van der Waals surface area contributed by atoms with Crippen LogP contribution in [0.3, 0.4) is 0 Å². The summed E-state index contributed by atoms with van der Waals surface area (Å²) in [6, 6.07) is 16.5. The van der Waals surface area contributed by atoms with Gasteiger partial charge in [-0.05, 0) is 24.1 Å². The number of nitrogens with one attached hydrogen (secondary N) is 1. The van der Waals surface area contributed by atoms with E-state index in [9.17, 15) is 4.39 Å². The number of H-pyrrole nitrogens is 1. The number of benzene rings is 2. The van der Waals surface area contributed by atoms with Crippen molar-refractivity contribution in [1.29, 1.82) is 0 Å². The largest absolute Gasteiger partial charge is 0.342 e. The number of hydrogen-bond donors (Lipinski definition) is 1. The van der Waals surface area contributed by atoms with Gasteiger partial charge in [0.2, 0.25) is 0 Å². The zero-order valence-electron chi connectivity index (χ0n) is 14.1. The highest BCUT2D eigenvalue weighted by Crippen LogP contribution is 2.19. The fraction of sp³-hybridized carbons (Fsp3) is 0.0952. The van der Waals surface area contributed by atoms with Crippen LogP contribution >= 0.6 is 0 Å². The van der Waals surface area contributed by atoms with E-state index in [1.54, 1.807) is 30.7 Å². The van der Waals surface area contributed by atoms with Crippen molar-refractivity contribution >= 4 is 0 Å². The molecule has 0 saturated carbocycles. The first-order valence-electron chi connectivity index (χ1n) is 8.44. The molecule has 0 aliphatic rings. The van der Waals surface area contributed by atoms with E-state index in [1.165, 1.54) is 6.07 Å². The van der Waals surface area contributed by atoms with Gasteiger partial charge in [-0.1, -0.05) is 42.5 Å². The zero-order chi connectivity index (χ0) is 17.8. The monoisotopic (exact) mass is 344 g/mol. The molecule has 5 heteroatoms. The number of hydrogen-bond acceptors (Lipinski definition) is 3. The van der Waals surface area contributed by atoms with Crippen molar-refractivity contribution in [3.05, 3.63) is 90.4 Å². The van der Waals surface area contributed by atoms with E-state index in [0.29, 0.717) is 12.2 Å². The quantitative estimate of drug-likeness (QED) is 0.582.